The summed E-state index contributed by atoms with van der Waals surface area (Å²) in [6.07, 6.45) is 0. The Kier molecular flexibility index (Phi) is 4.98. The molecule has 0 unspecified atom stereocenters. The molecule has 21 heavy (non-hydrogen) atoms. The first kappa shape index (κ1) is 17.4. The Balaban J connectivity index is 3.04. The summed E-state index contributed by atoms with van der Waals surface area (Å²) in [5.74, 6) is -1.87. The van der Waals surface area contributed by atoms with Gasteiger partial charge in [0.25, 0.3) is 0 Å². The van der Waals surface area contributed by atoms with Crippen molar-refractivity contribution < 1.29 is 23.4 Å². The quantitative estimate of drug-likeness (QED) is 0.713. The van der Waals surface area contributed by atoms with E-state index in [0.717, 1.165) is 18.2 Å². The van der Waals surface area contributed by atoms with E-state index in [0.29, 0.717) is 0 Å². The molecule has 0 heterocycles. The number of benzene rings is 1. The molecule has 0 aliphatic carbocycles. The molecule has 1 rings (SSSR count). The summed E-state index contributed by atoms with van der Waals surface area (Å²) in [6.45, 7) is 3.90. The molecule has 8 heteroatoms. The van der Waals surface area contributed by atoms with Crippen LogP contribution in [0.25, 0.3) is 0 Å². The largest absolute Gasteiger partial charge is 0.507 e. The van der Waals surface area contributed by atoms with Crippen molar-refractivity contribution in [2.45, 2.75) is 24.3 Å². The number of carbonyl (C=O) groups is 1. The maximum absolute atomic E-state index is 12.2. The van der Waals surface area contributed by atoms with Crippen LogP contribution in [0.15, 0.2) is 23.1 Å². The van der Waals surface area contributed by atoms with E-state index in [9.17, 15) is 18.3 Å². The van der Waals surface area contributed by atoms with Gasteiger partial charge in [0.2, 0.25) is 10.0 Å². The van der Waals surface area contributed by atoms with E-state index in [1.54, 1.807) is 0 Å². The second-order valence-electron chi connectivity index (χ2n) is 5.52. The van der Waals surface area contributed by atoms with Gasteiger partial charge in [-0.3, -0.25) is 0 Å². The monoisotopic (exact) mass is 316 g/mol. The van der Waals surface area contributed by atoms with Crippen molar-refractivity contribution >= 4 is 16.0 Å². The van der Waals surface area contributed by atoms with Gasteiger partial charge in [0.1, 0.15) is 11.3 Å². The Hall–Kier alpha value is -1.64. The average Bonchev–Trinajstić information content (AvgIpc) is 2.36. The zero-order valence-electron chi connectivity index (χ0n) is 12.4. The maximum Gasteiger partial charge on any atom is 0.339 e. The lowest BCUT2D eigenvalue weighted by atomic mass is 10.1. The molecule has 0 bridgehead atoms. The van der Waals surface area contributed by atoms with Gasteiger partial charge in [0.05, 0.1) is 4.90 Å². The Morgan fingerprint density at radius 2 is 1.90 bits per heavy atom. The number of aromatic carboxylic acids is 1. The second-order valence-corrected chi connectivity index (χ2v) is 7.28. The minimum Gasteiger partial charge on any atom is -0.507 e. The number of sulfonamides is 1. The molecule has 118 valence electrons. The van der Waals surface area contributed by atoms with Crippen LogP contribution >= 0.6 is 0 Å². The molecule has 1 aromatic carbocycles. The number of nitrogens with zero attached hydrogens (tertiary/aromatic N) is 1. The van der Waals surface area contributed by atoms with E-state index in [1.165, 1.54) is 0 Å². The van der Waals surface area contributed by atoms with Crippen LogP contribution in [0.4, 0.5) is 0 Å². The normalized spacial score (nSPS) is 12.6. The predicted molar refractivity (Wildman–Crippen MR) is 78.0 cm³/mol. The molecule has 0 aromatic heterocycles. The highest BCUT2D eigenvalue weighted by atomic mass is 32.2. The van der Waals surface area contributed by atoms with Gasteiger partial charge in [-0.2, -0.15) is 0 Å². The van der Waals surface area contributed by atoms with Crippen LogP contribution in [0, 0.1) is 0 Å². The molecule has 7 nitrogen and oxygen atoms in total. The van der Waals surface area contributed by atoms with Crippen LogP contribution < -0.4 is 4.72 Å². The molecule has 1 aromatic rings. The fourth-order valence-corrected chi connectivity index (χ4v) is 2.60. The predicted octanol–water partition coefficient (Wildman–Crippen LogP) is 0.709. The number of carboxylic acids is 1. The van der Waals surface area contributed by atoms with Crippen LogP contribution in [-0.4, -0.2) is 55.7 Å². The summed E-state index contributed by atoms with van der Waals surface area (Å²) in [5, 5.41) is 18.3. The zero-order valence-corrected chi connectivity index (χ0v) is 13.2. The summed E-state index contributed by atoms with van der Waals surface area (Å²) in [5.41, 5.74) is -0.857. The van der Waals surface area contributed by atoms with Gasteiger partial charge in [-0.15, -0.1) is 0 Å². The van der Waals surface area contributed by atoms with E-state index < -0.39 is 32.8 Å². The molecule has 0 saturated carbocycles. The molecule has 0 aliphatic rings. The van der Waals surface area contributed by atoms with Gasteiger partial charge in [0.15, 0.2) is 0 Å². The average molecular weight is 316 g/mol. The number of likely N-dealkylation sites (N-methyl/N-ethyl adjacent to an activating group) is 1. The third-order valence-corrected chi connectivity index (χ3v) is 4.81. The molecule has 0 atom stereocenters. The first-order valence-corrected chi connectivity index (χ1v) is 7.69. The van der Waals surface area contributed by atoms with Gasteiger partial charge in [-0.25, -0.2) is 17.9 Å². The number of hydrogen-bond donors (Lipinski definition) is 3. The Morgan fingerprint density at radius 1 is 1.33 bits per heavy atom. The van der Waals surface area contributed by atoms with Crippen molar-refractivity contribution in [2.24, 2.45) is 0 Å². The molecule has 0 radical (unpaired) electrons. The van der Waals surface area contributed by atoms with E-state index in [1.807, 2.05) is 32.8 Å². The van der Waals surface area contributed by atoms with Crippen LogP contribution in [0.2, 0.25) is 0 Å². The number of aromatic hydroxyl groups is 1. The zero-order chi connectivity index (χ0) is 16.4. The summed E-state index contributed by atoms with van der Waals surface area (Å²) in [7, 11) is -0.189. The standard InChI is InChI=1S/C13H20N2O5S/c1-13(2,15(3)4)8-14-21(19,20)9-5-6-11(16)10(7-9)12(17)18/h5-7,14,16H,8H2,1-4H3,(H,17,18). The summed E-state index contributed by atoms with van der Waals surface area (Å²) in [6, 6.07) is 3.14. The van der Waals surface area contributed by atoms with Crippen molar-refractivity contribution in [1.82, 2.24) is 9.62 Å². The van der Waals surface area contributed by atoms with Crippen LogP contribution in [-0.2, 0) is 10.0 Å². The van der Waals surface area contributed by atoms with Crippen molar-refractivity contribution in [2.75, 3.05) is 20.6 Å². The lowest BCUT2D eigenvalue weighted by Crippen LogP contribution is -2.48. The Morgan fingerprint density at radius 3 is 2.38 bits per heavy atom. The smallest absolute Gasteiger partial charge is 0.339 e. The fraction of sp³-hybridized carbons (Fsp3) is 0.462. The second kappa shape index (κ2) is 6.00. The number of hydrogen-bond acceptors (Lipinski definition) is 5. The van der Waals surface area contributed by atoms with E-state index >= 15 is 0 Å². The SMILES string of the molecule is CN(C)C(C)(C)CNS(=O)(=O)c1ccc(O)c(C(=O)O)c1. The van der Waals surface area contributed by atoms with Crippen molar-refractivity contribution in [3.05, 3.63) is 23.8 Å². The topological polar surface area (TPSA) is 107 Å². The van der Waals surface area contributed by atoms with Crippen LogP contribution in [0.5, 0.6) is 5.75 Å². The molecule has 0 fully saturated rings. The van der Waals surface area contributed by atoms with Gasteiger partial charge < -0.3 is 15.1 Å². The lowest BCUT2D eigenvalue weighted by molar-refractivity contribution is 0.0693. The minimum absolute atomic E-state index is 0.158. The highest BCUT2D eigenvalue weighted by Gasteiger charge is 2.25. The van der Waals surface area contributed by atoms with Crippen LogP contribution in [0.1, 0.15) is 24.2 Å². The van der Waals surface area contributed by atoms with Gasteiger partial charge >= 0.3 is 5.97 Å². The highest BCUT2D eigenvalue weighted by Crippen LogP contribution is 2.21. The first-order chi connectivity index (χ1) is 9.47. The number of rotatable bonds is 6. The molecular weight excluding hydrogens is 296 g/mol. The molecule has 0 aliphatic heterocycles. The number of carboxylic acid groups (broad SMARTS) is 1. The molecule has 0 saturated heterocycles. The third kappa shape index (κ3) is 4.16. The summed E-state index contributed by atoms with van der Waals surface area (Å²) < 4.78 is 26.8. The van der Waals surface area contributed by atoms with Crippen molar-refractivity contribution in [3.63, 3.8) is 0 Å². The summed E-state index contributed by atoms with van der Waals surface area (Å²) in [4.78, 5) is 12.6. The third-order valence-electron chi connectivity index (χ3n) is 3.41. The van der Waals surface area contributed by atoms with E-state index in [2.05, 4.69) is 4.72 Å². The summed E-state index contributed by atoms with van der Waals surface area (Å²) >= 11 is 0. The maximum atomic E-state index is 12.2. The van der Waals surface area contributed by atoms with Crippen molar-refractivity contribution in [1.29, 1.82) is 0 Å². The van der Waals surface area contributed by atoms with Gasteiger partial charge in [-0.05, 0) is 46.1 Å². The van der Waals surface area contributed by atoms with Gasteiger partial charge in [0, 0.05) is 12.1 Å². The lowest BCUT2D eigenvalue weighted by Gasteiger charge is -2.32. The molecular formula is C13H20N2O5S. The fourth-order valence-electron chi connectivity index (χ4n) is 1.37. The molecule has 0 spiro atoms. The minimum atomic E-state index is -3.85. The van der Waals surface area contributed by atoms with E-state index in [4.69, 9.17) is 5.11 Å². The number of nitrogens with one attached hydrogen (secondary N) is 1. The van der Waals surface area contributed by atoms with Crippen molar-refractivity contribution in [3.8, 4) is 5.75 Å². The Bertz CT molecular complexity index is 638. The molecule has 3 N–H and O–H groups in total. The van der Waals surface area contributed by atoms with Crippen LogP contribution in [0.3, 0.4) is 0 Å². The van der Waals surface area contributed by atoms with Gasteiger partial charge in [-0.1, -0.05) is 0 Å². The first-order valence-electron chi connectivity index (χ1n) is 6.21. The number of phenols is 1. The molecule has 0 amide bonds. The Labute approximate surface area is 124 Å². The van der Waals surface area contributed by atoms with E-state index in [-0.39, 0.29) is 11.4 Å². The highest BCUT2D eigenvalue weighted by molar-refractivity contribution is 7.89.